The molecule has 3 rings (SSSR count). The Balaban J connectivity index is 1.89. The minimum Gasteiger partial charge on any atom is -0.497 e. The molecule has 1 amide bonds. The minimum absolute atomic E-state index is 0.0431. The number of nitro benzene ring substituents is 1. The highest BCUT2D eigenvalue weighted by atomic mass is 19.4. The van der Waals surface area contributed by atoms with E-state index in [0.717, 1.165) is 25.3 Å². The number of nitrogens with zero attached hydrogens (tertiary/aromatic N) is 2. The molecule has 0 heterocycles. The van der Waals surface area contributed by atoms with E-state index in [4.69, 9.17) is 14.2 Å². The van der Waals surface area contributed by atoms with E-state index in [9.17, 15) is 28.1 Å². The number of hydrogen-bond acceptors (Lipinski definition) is 7. The SMILES string of the molecule is COc1cc(/C=C/c2ccc([N+](=O)[O-])cc2)c(/C=N/NC(=O)c2ccc(C(F)(F)F)cc2OC)c(OC)c1. The van der Waals surface area contributed by atoms with Crippen LogP contribution in [0.5, 0.6) is 17.2 Å². The lowest BCUT2D eigenvalue weighted by molar-refractivity contribution is -0.384. The van der Waals surface area contributed by atoms with Crippen molar-refractivity contribution in [2.75, 3.05) is 21.3 Å². The molecule has 0 radical (unpaired) electrons. The summed E-state index contributed by atoms with van der Waals surface area (Å²) in [5.74, 6) is -0.220. The highest BCUT2D eigenvalue weighted by Crippen LogP contribution is 2.33. The monoisotopic (exact) mass is 529 g/mol. The van der Waals surface area contributed by atoms with Crippen molar-refractivity contribution in [1.82, 2.24) is 5.43 Å². The number of alkyl halides is 3. The Bertz CT molecular complexity index is 1390. The number of carbonyl (C=O) groups is 1. The summed E-state index contributed by atoms with van der Waals surface area (Å²) < 4.78 is 54.6. The van der Waals surface area contributed by atoms with Crippen molar-refractivity contribution in [2.45, 2.75) is 6.18 Å². The van der Waals surface area contributed by atoms with Crippen molar-refractivity contribution in [3.8, 4) is 17.2 Å². The zero-order valence-electron chi connectivity index (χ0n) is 20.4. The molecular formula is C26H22F3N3O6. The molecule has 3 aromatic rings. The first-order chi connectivity index (χ1) is 18.1. The summed E-state index contributed by atoms with van der Waals surface area (Å²) in [5.41, 5.74) is 2.84. The molecule has 0 saturated heterocycles. The topological polar surface area (TPSA) is 112 Å². The molecule has 9 nitrogen and oxygen atoms in total. The molecule has 3 aromatic carbocycles. The minimum atomic E-state index is -4.59. The molecule has 0 saturated carbocycles. The first kappa shape index (κ1) is 27.7. The number of carbonyl (C=O) groups excluding carboxylic acids is 1. The third kappa shape index (κ3) is 6.66. The zero-order valence-corrected chi connectivity index (χ0v) is 20.4. The van der Waals surface area contributed by atoms with Crippen LogP contribution in [0.2, 0.25) is 0 Å². The second kappa shape index (κ2) is 11.9. The number of rotatable bonds is 9. The molecular weight excluding hydrogens is 507 g/mol. The summed E-state index contributed by atoms with van der Waals surface area (Å²) in [5, 5.41) is 14.8. The number of hydrogen-bond donors (Lipinski definition) is 1. The Morgan fingerprint density at radius 2 is 1.63 bits per heavy atom. The van der Waals surface area contributed by atoms with Gasteiger partial charge < -0.3 is 14.2 Å². The van der Waals surface area contributed by atoms with Crippen LogP contribution >= 0.6 is 0 Å². The molecule has 1 N–H and O–H groups in total. The van der Waals surface area contributed by atoms with E-state index in [-0.39, 0.29) is 17.0 Å². The number of ether oxygens (including phenoxy) is 3. The van der Waals surface area contributed by atoms with Crippen LogP contribution in [-0.4, -0.2) is 38.4 Å². The number of methoxy groups -OCH3 is 3. The maximum atomic E-state index is 13.0. The van der Waals surface area contributed by atoms with E-state index in [1.54, 1.807) is 36.4 Å². The van der Waals surface area contributed by atoms with E-state index in [1.165, 1.54) is 32.6 Å². The van der Waals surface area contributed by atoms with Gasteiger partial charge in [0.2, 0.25) is 0 Å². The van der Waals surface area contributed by atoms with Gasteiger partial charge >= 0.3 is 6.18 Å². The van der Waals surface area contributed by atoms with Crippen molar-refractivity contribution in [3.63, 3.8) is 0 Å². The highest BCUT2D eigenvalue weighted by Gasteiger charge is 2.31. The standard InChI is InChI=1S/C26H22F3N3O6/c1-36-20-12-17(7-4-16-5-9-19(10-6-16)32(34)35)22(24(14-20)38-3)15-30-31-25(33)21-11-8-18(26(27,28)29)13-23(21)37-2/h4-15H,1-3H3,(H,31,33)/b7-4+,30-15+. The van der Waals surface area contributed by atoms with Gasteiger partial charge in [0.15, 0.2) is 0 Å². The number of hydrazone groups is 1. The fourth-order valence-corrected chi connectivity index (χ4v) is 3.35. The lowest BCUT2D eigenvalue weighted by atomic mass is 10.0. The van der Waals surface area contributed by atoms with Crippen LogP contribution in [0.15, 0.2) is 59.7 Å². The molecule has 0 fully saturated rings. The Kier molecular flexibility index (Phi) is 8.69. The fraction of sp³-hybridized carbons (Fsp3) is 0.154. The van der Waals surface area contributed by atoms with Crippen molar-refractivity contribution in [2.24, 2.45) is 5.10 Å². The van der Waals surface area contributed by atoms with Crippen LogP contribution < -0.4 is 19.6 Å². The fourth-order valence-electron chi connectivity index (χ4n) is 3.35. The number of nitro groups is 1. The maximum Gasteiger partial charge on any atom is 0.416 e. The lowest BCUT2D eigenvalue weighted by Gasteiger charge is -2.12. The third-order valence-corrected chi connectivity index (χ3v) is 5.30. The van der Waals surface area contributed by atoms with Gasteiger partial charge in [-0.15, -0.1) is 0 Å². The number of non-ortho nitro benzene ring substituents is 1. The molecule has 0 spiro atoms. The van der Waals surface area contributed by atoms with Crippen molar-refractivity contribution < 1.29 is 37.1 Å². The first-order valence-corrected chi connectivity index (χ1v) is 10.8. The summed E-state index contributed by atoms with van der Waals surface area (Å²) in [6.45, 7) is 0. The van der Waals surface area contributed by atoms with E-state index >= 15 is 0 Å². The first-order valence-electron chi connectivity index (χ1n) is 10.8. The summed E-state index contributed by atoms with van der Waals surface area (Å²) >= 11 is 0. The Morgan fingerprint density at radius 1 is 0.947 bits per heavy atom. The van der Waals surface area contributed by atoms with Crippen LogP contribution in [-0.2, 0) is 6.18 Å². The van der Waals surface area contributed by atoms with E-state index < -0.39 is 22.6 Å². The van der Waals surface area contributed by atoms with Crippen molar-refractivity contribution in [1.29, 1.82) is 0 Å². The quantitative estimate of drug-likeness (QED) is 0.168. The Hall–Kier alpha value is -4.87. The van der Waals surface area contributed by atoms with Gasteiger partial charge in [0.1, 0.15) is 17.2 Å². The molecule has 0 aliphatic heterocycles. The van der Waals surface area contributed by atoms with E-state index in [1.807, 2.05) is 0 Å². The Morgan fingerprint density at radius 3 is 2.21 bits per heavy atom. The van der Waals surface area contributed by atoms with Gasteiger partial charge in [0, 0.05) is 23.8 Å². The van der Waals surface area contributed by atoms with Gasteiger partial charge in [-0.05, 0) is 47.5 Å². The average molecular weight is 529 g/mol. The second-order valence-electron chi connectivity index (χ2n) is 7.63. The molecule has 0 aromatic heterocycles. The van der Waals surface area contributed by atoms with E-state index in [2.05, 4.69) is 10.5 Å². The largest absolute Gasteiger partial charge is 0.497 e. The number of nitrogens with one attached hydrogen (secondary N) is 1. The maximum absolute atomic E-state index is 13.0. The van der Waals surface area contributed by atoms with Gasteiger partial charge in [0.25, 0.3) is 11.6 Å². The Labute approximate surface area is 215 Å². The average Bonchev–Trinajstić information content (AvgIpc) is 2.91. The molecule has 0 aliphatic carbocycles. The summed E-state index contributed by atoms with van der Waals surface area (Å²) in [4.78, 5) is 23.0. The summed E-state index contributed by atoms with van der Waals surface area (Å²) in [7, 11) is 4.06. The van der Waals surface area contributed by atoms with Crippen LogP contribution in [0.1, 0.15) is 32.6 Å². The number of halogens is 3. The summed E-state index contributed by atoms with van der Waals surface area (Å²) in [6, 6.07) is 11.7. The van der Waals surface area contributed by atoms with Gasteiger partial charge in [-0.1, -0.05) is 12.2 Å². The zero-order chi connectivity index (χ0) is 27.9. The van der Waals surface area contributed by atoms with Crippen LogP contribution in [0.4, 0.5) is 18.9 Å². The molecule has 12 heteroatoms. The van der Waals surface area contributed by atoms with E-state index in [0.29, 0.717) is 28.2 Å². The number of benzene rings is 3. The molecule has 198 valence electrons. The van der Waals surface area contributed by atoms with Crippen LogP contribution in [0, 0.1) is 10.1 Å². The summed E-state index contributed by atoms with van der Waals surface area (Å²) in [6.07, 6.45) is 0.126. The normalized spacial score (nSPS) is 11.5. The smallest absolute Gasteiger partial charge is 0.416 e. The molecule has 0 aliphatic rings. The lowest BCUT2D eigenvalue weighted by Crippen LogP contribution is -2.19. The van der Waals surface area contributed by atoms with Gasteiger partial charge in [-0.2, -0.15) is 18.3 Å². The van der Waals surface area contributed by atoms with Gasteiger partial charge in [0.05, 0.1) is 43.6 Å². The second-order valence-corrected chi connectivity index (χ2v) is 7.63. The van der Waals surface area contributed by atoms with Crippen molar-refractivity contribution >= 4 is 30.0 Å². The molecule has 38 heavy (non-hydrogen) atoms. The van der Waals surface area contributed by atoms with Crippen LogP contribution in [0.25, 0.3) is 12.2 Å². The molecule has 0 bridgehead atoms. The molecule has 0 atom stereocenters. The number of amides is 1. The predicted molar refractivity (Wildman–Crippen MR) is 135 cm³/mol. The van der Waals surface area contributed by atoms with Gasteiger partial charge in [-0.3, -0.25) is 14.9 Å². The van der Waals surface area contributed by atoms with Crippen molar-refractivity contribution in [3.05, 3.63) is 92.5 Å². The third-order valence-electron chi connectivity index (χ3n) is 5.30. The van der Waals surface area contributed by atoms with Gasteiger partial charge in [-0.25, -0.2) is 5.43 Å². The molecule has 0 unspecified atom stereocenters. The van der Waals surface area contributed by atoms with Crippen LogP contribution in [0.3, 0.4) is 0 Å². The predicted octanol–water partition coefficient (Wildman–Crippen LogP) is 5.57. The highest BCUT2D eigenvalue weighted by molar-refractivity contribution is 5.98.